The Hall–Kier alpha value is -1.57. The molecule has 2 aromatic rings. The lowest BCUT2D eigenvalue weighted by Crippen LogP contribution is -2.06. The Bertz CT molecular complexity index is 602. The normalized spacial score (nSPS) is 13.8. The van der Waals surface area contributed by atoms with E-state index in [9.17, 15) is 0 Å². The van der Waals surface area contributed by atoms with Crippen LogP contribution in [-0.2, 0) is 12.8 Å². The molecule has 0 saturated carbocycles. The van der Waals surface area contributed by atoms with Gasteiger partial charge in [0.1, 0.15) is 0 Å². The van der Waals surface area contributed by atoms with Crippen LogP contribution in [0.15, 0.2) is 18.2 Å². The van der Waals surface area contributed by atoms with Crippen molar-refractivity contribution >= 4 is 16.6 Å². The summed E-state index contributed by atoms with van der Waals surface area (Å²) >= 11 is 0. The number of nitrogens with one attached hydrogen (secondary N) is 1. The summed E-state index contributed by atoms with van der Waals surface area (Å²) in [4.78, 5) is 4.85. The van der Waals surface area contributed by atoms with Crippen LogP contribution < -0.4 is 5.32 Å². The number of anilines is 1. The summed E-state index contributed by atoms with van der Waals surface area (Å²) in [6, 6.07) is 6.59. The van der Waals surface area contributed by atoms with Gasteiger partial charge in [-0.1, -0.05) is 25.0 Å². The Morgan fingerprint density at radius 3 is 3.00 bits per heavy atom. The molecule has 0 aliphatic heterocycles. The molecule has 0 amide bonds. The third-order valence-electron chi connectivity index (χ3n) is 4.00. The molecule has 1 heterocycles. The SMILES string of the molecule is CCCCNc1c2c(nc3ccc(C)cc13)CCC2. The van der Waals surface area contributed by atoms with Gasteiger partial charge in [-0.2, -0.15) is 0 Å². The largest absolute Gasteiger partial charge is 0.384 e. The second-order valence-corrected chi connectivity index (χ2v) is 5.57. The molecule has 0 unspecified atom stereocenters. The number of aryl methyl sites for hydroxylation is 2. The van der Waals surface area contributed by atoms with Gasteiger partial charge >= 0.3 is 0 Å². The number of rotatable bonds is 4. The molecular weight excluding hydrogens is 232 g/mol. The number of hydrogen-bond acceptors (Lipinski definition) is 2. The van der Waals surface area contributed by atoms with Gasteiger partial charge in [-0.05, 0) is 50.3 Å². The summed E-state index contributed by atoms with van der Waals surface area (Å²) in [7, 11) is 0. The van der Waals surface area contributed by atoms with Crippen LogP contribution >= 0.6 is 0 Å². The molecule has 1 N–H and O–H groups in total. The summed E-state index contributed by atoms with van der Waals surface area (Å²) in [5.41, 5.74) is 6.59. The van der Waals surface area contributed by atoms with Crippen LogP contribution in [0.3, 0.4) is 0 Å². The van der Waals surface area contributed by atoms with Crippen LogP contribution in [0.25, 0.3) is 10.9 Å². The molecule has 0 atom stereocenters. The highest BCUT2D eigenvalue weighted by Gasteiger charge is 2.19. The highest BCUT2D eigenvalue weighted by molar-refractivity contribution is 5.94. The number of aromatic nitrogens is 1. The quantitative estimate of drug-likeness (QED) is 0.825. The van der Waals surface area contributed by atoms with Gasteiger partial charge in [0, 0.05) is 23.3 Å². The first kappa shape index (κ1) is 12.5. The lowest BCUT2D eigenvalue weighted by molar-refractivity contribution is 0.833. The van der Waals surface area contributed by atoms with Crippen molar-refractivity contribution in [3.8, 4) is 0 Å². The van der Waals surface area contributed by atoms with E-state index in [0.29, 0.717) is 0 Å². The minimum absolute atomic E-state index is 1.07. The van der Waals surface area contributed by atoms with E-state index < -0.39 is 0 Å². The highest BCUT2D eigenvalue weighted by atomic mass is 14.9. The second kappa shape index (κ2) is 5.20. The summed E-state index contributed by atoms with van der Waals surface area (Å²) < 4.78 is 0. The summed E-state index contributed by atoms with van der Waals surface area (Å²) in [5, 5.41) is 4.98. The van der Waals surface area contributed by atoms with Crippen molar-refractivity contribution in [1.82, 2.24) is 4.98 Å². The van der Waals surface area contributed by atoms with Gasteiger partial charge in [-0.3, -0.25) is 4.98 Å². The van der Waals surface area contributed by atoms with Crippen molar-refractivity contribution < 1.29 is 0 Å². The van der Waals surface area contributed by atoms with Crippen molar-refractivity contribution in [3.05, 3.63) is 35.0 Å². The molecule has 0 bridgehead atoms. The van der Waals surface area contributed by atoms with E-state index in [0.717, 1.165) is 18.5 Å². The molecule has 19 heavy (non-hydrogen) atoms. The predicted molar refractivity (Wildman–Crippen MR) is 81.9 cm³/mol. The van der Waals surface area contributed by atoms with Crippen LogP contribution in [-0.4, -0.2) is 11.5 Å². The molecule has 0 fully saturated rings. The van der Waals surface area contributed by atoms with E-state index in [1.807, 2.05) is 0 Å². The average molecular weight is 254 g/mol. The molecule has 3 rings (SSSR count). The number of unbranched alkanes of at least 4 members (excludes halogenated alkanes) is 1. The first-order valence-corrected chi connectivity index (χ1v) is 7.45. The maximum Gasteiger partial charge on any atom is 0.0726 e. The average Bonchev–Trinajstić information content (AvgIpc) is 2.86. The third-order valence-corrected chi connectivity index (χ3v) is 4.00. The van der Waals surface area contributed by atoms with Gasteiger partial charge in [0.05, 0.1) is 5.52 Å². The Labute approximate surface area is 115 Å². The third kappa shape index (κ3) is 2.32. The number of nitrogens with zero attached hydrogens (tertiary/aromatic N) is 1. The Morgan fingerprint density at radius 1 is 1.26 bits per heavy atom. The first-order chi connectivity index (χ1) is 9.29. The van der Waals surface area contributed by atoms with Crippen LogP contribution in [0, 0.1) is 6.92 Å². The Morgan fingerprint density at radius 2 is 2.16 bits per heavy atom. The monoisotopic (exact) mass is 254 g/mol. The molecular formula is C17H22N2. The van der Waals surface area contributed by atoms with Crippen LogP contribution in [0.4, 0.5) is 5.69 Å². The lowest BCUT2D eigenvalue weighted by Gasteiger charge is -2.15. The maximum atomic E-state index is 4.85. The van der Waals surface area contributed by atoms with E-state index in [4.69, 9.17) is 4.98 Å². The molecule has 2 nitrogen and oxygen atoms in total. The lowest BCUT2D eigenvalue weighted by atomic mass is 10.0. The zero-order chi connectivity index (χ0) is 13.2. The fourth-order valence-corrected chi connectivity index (χ4v) is 2.97. The molecule has 1 aliphatic rings. The van der Waals surface area contributed by atoms with E-state index in [1.54, 1.807) is 0 Å². The molecule has 0 spiro atoms. The topological polar surface area (TPSA) is 24.9 Å². The van der Waals surface area contributed by atoms with Crippen molar-refractivity contribution in [2.45, 2.75) is 46.0 Å². The minimum atomic E-state index is 1.07. The summed E-state index contributed by atoms with van der Waals surface area (Å²) in [5.74, 6) is 0. The highest BCUT2D eigenvalue weighted by Crippen LogP contribution is 2.34. The fraction of sp³-hybridized carbons (Fsp3) is 0.471. The molecule has 2 heteroatoms. The Balaban J connectivity index is 2.11. The smallest absolute Gasteiger partial charge is 0.0726 e. The van der Waals surface area contributed by atoms with Gasteiger partial charge in [-0.15, -0.1) is 0 Å². The van der Waals surface area contributed by atoms with Gasteiger partial charge in [0.15, 0.2) is 0 Å². The van der Waals surface area contributed by atoms with Gasteiger partial charge < -0.3 is 5.32 Å². The zero-order valence-electron chi connectivity index (χ0n) is 11.9. The van der Waals surface area contributed by atoms with E-state index >= 15 is 0 Å². The molecule has 1 aliphatic carbocycles. The Kier molecular flexibility index (Phi) is 3.41. The van der Waals surface area contributed by atoms with E-state index in [2.05, 4.69) is 37.4 Å². The standard InChI is InChI=1S/C17H22N2/c1-3-4-10-18-17-13-6-5-7-15(13)19-16-9-8-12(2)11-14(16)17/h8-9,11H,3-7,10H2,1-2H3,(H,18,19). The summed E-state index contributed by atoms with van der Waals surface area (Å²) in [6.45, 7) is 5.46. The molecule has 100 valence electrons. The fourth-order valence-electron chi connectivity index (χ4n) is 2.97. The molecule has 0 saturated heterocycles. The molecule has 1 aromatic carbocycles. The second-order valence-electron chi connectivity index (χ2n) is 5.57. The van der Waals surface area contributed by atoms with Gasteiger partial charge in [0.25, 0.3) is 0 Å². The van der Waals surface area contributed by atoms with Crippen LogP contribution in [0.5, 0.6) is 0 Å². The number of fused-ring (bicyclic) bond motifs is 2. The number of pyridine rings is 1. The van der Waals surface area contributed by atoms with Crippen molar-refractivity contribution in [2.24, 2.45) is 0 Å². The van der Waals surface area contributed by atoms with Crippen LogP contribution in [0.2, 0.25) is 0 Å². The van der Waals surface area contributed by atoms with Crippen molar-refractivity contribution in [2.75, 3.05) is 11.9 Å². The molecule has 1 aromatic heterocycles. The predicted octanol–water partition coefficient (Wildman–Crippen LogP) is 4.24. The van der Waals surface area contributed by atoms with Crippen LogP contribution in [0.1, 0.15) is 43.0 Å². The number of benzene rings is 1. The number of hydrogen-bond donors (Lipinski definition) is 1. The van der Waals surface area contributed by atoms with E-state index in [1.165, 1.54) is 53.6 Å². The zero-order valence-corrected chi connectivity index (χ0v) is 11.9. The summed E-state index contributed by atoms with van der Waals surface area (Å²) in [6.07, 6.45) is 6.03. The van der Waals surface area contributed by atoms with Gasteiger partial charge in [0.2, 0.25) is 0 Å². The molecule has 0 radical (unpaired) electrons. The van der Waals surface area contributed by atoms with Crippen molar-refractivity contribution in [3.63, 3.8) is 0 Å². The van der Waals surface area contributed by atoms with Gasteiger partial charge in [-0.25, -0.2) is 0 Å². The van der Waals surface area contributed by atoms with Crippen molar-refractivity contribution in [1.29, 1.82) is 0 Å². The maximum absolute atomic E-state index is 4.85. The first-order valence-electron chi connectivity index (χ1n) is 7.45. The van der Waals surface area contributed by atoms with E-state index in [-0.39, 0.29) is 0 Å². The minimum Gasteiger partial charge on any atom is -0.384 e.